The van der Waals surface area contributed by atoms with Gasteiger partial charge in [0, 0.05) is 32.7 Å². The minimum Gasteiger partial charge on any atom is -0.328 e. The van der Waals surface area contributed by atoms with Crippen molar-refractivity contribution in [2.45, 2.75) is 88.0 Å². The molecule has 0 aliphatic heterocycles. The maximum atomic E-state index is 2.43. The molecule has 1 radical (unpaired) electrons. The van der Waals surface area contributed by atoms with Crippen LogP contribution in [0.4, 0.5) is 0 Å². The Hall–Kier alpha value is 1.10. The summed E-state index contributed by atoms with van der Waals surface area (Å²) in [6.07, 6.45) is 7.97. The van der Waals surface area contributed by atoms with Crippen LogP contribution in [0.25, 0.3) is 0 Å². The van der Waals surface area contributed by atoms with Gasteiger partial charge in [-0.25, -0.2) is 0 Å². The molecule has 1 aliphatic carbocycles. The molecule has 0 N–H and O–H groups in total. The minimum absolute atomic E-state index is 0. The summed E-state index contributed by atoms with van der Waals surface area (Å²) in [6.45, 7) is 19.8. The molecule has 0 aromatic rings. The summed E-state index contributed by atoms with van der Waals surface area (Å²) < 4.78 is 0. The van der Waals surface area contributed by atoms with E-state index in [-0.39, 0.29) is 32.7 Å². The van der Waals surface area contributed by atoms with Crippen LogP contribution in [0.1, 0.15) is 88.0 Å². The largest absolute Gasteiger partial charge is 0.328 e. The van der Waals surface area contributed by atoms with E-state index in [2.05, 4.69) is 54.9 Å². The molecule has 0 unspecified atom stereocenters. The summed E-state index contributed by atoms with van der Waals surface area (Å²) in [7, 11) is 0. The first kappa shape index (κ1) is 24.1. The molecule has 0 heterocycles. The molecule has 1 rings (SSSR count). The molecule has 0 amide bonds. The Morgan fingerprint density at radius 2 is 1.06 bits per heavy atom. The maximum Gasteiger partial charge on any atom is 0 e. The topological polar surface area (TPSA) is 0 Å². The summed E-state index contributed by atoms with van der Waals surface area (Å²) in [5.74, 6) is 0.970. The monoisotopic (exact) mass is 330 g/mol. The van der Waals surface area contributed by atoms with E-state index in [1.807, 2.05) is 13.8 Å². The van der Waals surface area contributed by atoms with E-state index in [1.54, 1.807) is 0 Å². The van der Waals surface area contributed by atoms with Crippen molar-refractivity contribution < 1.29 is 32.7 Å². The average Bonchev–Trinajstić information content (AvgIpc) is 2.18. The second kappa shape index (κ2) is 11.9. The van der Waals surface area contributed by atoms with Gasteiger partial charge in [0.25, 0.3) is 0 Å². The molecular formula is C17H37Y-. The van der Waals surface area contributed by atoms with Crippen molar-refractivity contribution in [3.05, 3.63) is 6.42 Å². The van der Waals surface area contributed by atoms with E-state index >= 15 is 0 Å². The Morgan fingerprint density at radius 3 is 1.22 bits per heavy atom. The van der Waals surface area contributed by atoms with Crippen LogP contribution in [0.5, 0.6) is 0 Å². The van der Waals surface area contributed by atoms with Crippen LogP contribution < -0.4 is 0 Å². The molecule has 0 spiro atoms. The molecule has 1 aliphatic rings. The van der Waals surface area contributed by atoms with Crippen LogP contribution in [0.15, 0.2) is 0 Å². The molecular weight excluding hydrogens is 293 g/mol. The van der Waals surface area contributed by atoms with Crippen molar-refractivity contribution in [3.63, 3.8) is 0 Å². The van der Waals surface area contributed by atoms with Gasteiger partial charge in [0.05, 0.1) is 0 Å². The third-order valence-electron chi connectivity index (χ3n) is 2.66. The predicted octanol–water partition coefficient (Wildman–Crippen LogP) is 6.50. The van der Waals surface area contributed by atoms with Gasteiger partial charge >= 0.3 is 0 Å². The number of rotatable bonds is 0. The first-order valence-electron chi connectivity index (χ1n) is 7.42. The maximum absolute atomic E-state index is 2.43. The first-order chi connectivity index (χ1) is 7.61. The van der Waals surface area contributed by atoms with Gasteiger partial charge in [0.1, 0.15) is 0 Å². The van der Waals surface area contributed by atoms with E-state index in [4.69, 9.17) is 0 Å². The van der Waals surface area contributed by atoms with E-state index < -0.39 is 0 Å². The standard InChI is InChI=1S/C10H19.C5H12.C2H6.Y/c1-10(2,3)9-7-5-4-6-8-9;1-5(2,3)4;1-2;/h4,9H,5-8H2,1-3H3;1-4H3;1-2H3;/q-1;;;. The van der Waals surface area contributed by atoms with E-state index in [9.17, 15) is 0 Å². The van der Waals surface area contributed by atoms with Gasteiger partial charge in [0.15, 0.2) is 0 Å². The Morgan fingerprint density at radius 1 is 0.778 bits per heavy atom. The van der Waals surface area contributed by atoms with Crippen molar-refractivity contribution >= 4 is 0 Å². The van der Waals surface area contributed by atoms with Gasteiger partial charge in [-0.1, -0.05) is 75.2 Å². The predicted molar refractivity (Wildman–Crippen MR) is 82.2 cm³/mol. The van der Waals surface area contributed by atoms with Crippen molar-refractivity contribution in [2.75, 3.05) is 0 Å². The van der Waals surface area contributed by atoms with Crippen LogP contribution >= 0.6 is 0 Å². The fraction of sp³-hybridized carbons (Fsp3) is 0.941. The molecule has 0 nitrogen and oxygen atoms in total. The Kier molecular flexibility index (Phi) is 16.0. The number of hydrogen-bond donors (Lipinski definition) is 0. The van der Waals surface area contributed by atoms with Crippen molar-refractivity contribution in [3.8, 4) is 0 Å². The molecule has 1 fully saturated rings. The molecule has 109 valence electrons. The van der Waals surface area contributed by atoms with Gasteiger partial charge in [-0.15, -0.1) is 0 Å². The smallest absolute Gasteiger partial charge is 0 e. The van der Waals surface area contributed by atoms with Crippen LogP contribution in [0.2, 0.25) is 0 Å². The summed E-state index contributed by atoms with van der Waals surface area (Å²) in [4.78, 5) is 0. The van der Waals surface area contributed by atoms with Gasteiger partial charge in [0.2, 0.25) is 0 Å². The Balaban J connectivity index is -0.000000243. The zero-order valence-electron chi connectivity index (χ0n) is 14.6. The average molecular weight is 330 g/mol. The van der Waals surface area contributed by atoms with Gasteiger partial charge in [-0.2, -0.15) is 12.8 Å². The Labute approximate surface area is 143 Å². The fourth-order valence-corrected chi connectivity index (χ4v) is 1.79. The van der Waals surface area contributed by atoms with Crippen molar-refractivity contribution in [1.29, 1.82) is 0 Å². The van der Waals surface area contributed by atoms with Crippen LogP contribution in [0, 0.1) is 23.2 Å². The summed E-state index contributed by atoms with van der Waals surface area (Å²) in [5.41, 5.74) is 1.05. The second-order valence-electron chi connectivity index (χ2n) is 7.51. The molecule has 18 heavy (non-hydrogen) atoms. The third kappa shape index (κ3) is 19.4. The van der Waals surface area contributed by atoms with Crippen LogP contribution in [-0.4, -0.2) is 0 Å². The molecule has 0 aromatic carbocycles. The molecule has 0 saturated heterocycles. The number of hydrogen-bond acceptors (Lipinski definition) is 0. The van der Waals surface area contributed by atoms with E-state index in [0.717, 1.165) is 5.92 Å². The van der Waals surface area contributed by atoms with E-state index in [0.29, 0.717) is 10.8 Å². The van der Waals surface area contributed by atoms with Crippen molar-refractivity contribution in [2.24, 2.45) is 16.7 Å². The normalized spacial score (nSPS) is 16.5. The van der Waals surface area contributed by atoms with Gasteiger partial charge in [-0.05, 0) is 16.7 Å². The SMILES string of the molecule is CC.CC(C)(C)C.CC(C)(C)C1CC[CH-]CC1.[Y]. The second-order valence-corrected chi connectivity index (χ2v) is 7.51. The quantitative estimate of drug-likeness (QED) is 0.445. The molecule has 1 saturated carbocycles. The first-order valence-corrected chi connectivity index (χ1v) is 7.42. The molecule has 1 heteroatoms. The summed E-state index contributed by atoms with van der Waals surface area (Å²) in [5, 5.41) is 0. The van der Waals surface area contributed by atoms with Gasteiger partial charge < -0.3 is 6.42 Å². The summed E-state index contributed by atoms with van der Waals surface area (Å²) in [6, 6.07) is 0. The van der Waals surface area contributed by atoms with Gasteiger partial charge in [-0.3, -0.25) is 0 Å². The molecule has 0 atom stereocenters. The Bertz CT molecular complexity index is 147. The van der Waals surface area contributed by atoms with Crippen molar-refractivity contribution in [1.82, 2.24) is 0 Å². The van der Waals surface area contributed by atoms with E-state index in [1.165, 1.54) is 25.7 Å². The zero-order valence-corrected chi connectivity index (χ0v) is 17.4. The van der Waals surface area contributed by atoms with Crippen LogP contribution in [-0.2, 0) is 32.7 Å². The minimum atomic E-state index is 0. The summed E-state index contributed by atoms with van der Waals surface area (Å²) >= 11 is 0. The van der Waals surface area contributed by atoms with Crippen LogP contribution in [0.3, 0.4) is 0 Å². The molecule has 0 aromatic heterocycles. The zero-order chi connectivity index (χ0) is 14.1. The molecule has 0 bridgehead atoms. The third-order valence-corrected chi connectivity index (χ3v) is 2.66. The fourth-order valence-electron chi connectivity index (χ4n) is 1.79.